The Labute approximate surface area is 210 Å². The van der Waals surface area contributed by atoms with Crippen LogP contribution in [-0.4, -0.2) is 28.6 Å². The van der Waals surface area contributed by atoms with Gasteiger partial charge in [-0.05, 0) is 35.9 Å². The first-order valence-corrected chi connectivity index (χ1v) is 11.4. The number of hydrogen-bond donors (Lipinski definition) is 1. The summed E-state index contributed by atoms with van der Waals surface area (Å²) in [5.74, 6) is -1.91. The number of hydrogen-bond acceptors (Lipinski definition) is 7. The molecule has 1 aliphatic heterocycles. The van der Waals surface area contributed by atoms with Crippen LogP contribution >= 0.6 is 0 Å². The van der Waals surface area contributed by atoms with Crippen molar-refractivity contribution in [3.05, 3.63) is 111 Å². The second-order valence-electron chi connectivity index (χ2n) is 8.50. The van der Waals surface area contributed by atoms with E-state index in [4.69, 9.17) is 9.15 Å². The number of carbonyl (C=O) groups is 4. The van der Waals surface area contributed by atoms with Gasteiger partial charge >= 0.3 is 11.6 Å². The zero-order valence-corrected chi connectivity index (χ0v) is 19.6. The molecule has 1 N–H and O–H groups in total. The van der Waals surface area contributed by atoms with Crippen LogP contribution in [0.1, 0.15) is 49.1 Å². The second-order valence-corrected chi connectivity index (χ2v) is 8.50. The number of imide groups is 1. The molecule has 9 nitrogen and oxygen atoms in total. The van der Waals surface area contributed by atoms with E-state index >= 15 is 0 Å². The predicted octanol–water partition coefficient (Wildman–Crippen LogP) is 3.90. The topological polar surface area (TPSA) is 123 Å². The molecule has 1 aliphatic rings. The van der Waals surface area contributed by atoms with Crippen LogP contribution < -0.4 is 10.9 Å². The Kier molecular flexibility index (Phi) is 6.10. The van der Waals surface area contributed by atoms with Crippen molar-refractivity contribution in [3.63, 3.8) is 0 Å². The van der Waals surface area contributed by atoms with Gasteiger partial charge in [0.2, 0.25) is 5.91 Å². The van der Waals surface area contributed by atoms with Gasteiger partial charge in [-0.25, -0.2) is 9.59 Å². The van der Waals surface area contributed by atoms with Crippen molar-refractivity contribution >= 4 is 40.3 Å². The number of esters is 1. The summed E-state index contributed by atoms with van der Waals surface area (Å²) in [5, 5.41) is 3.14. The Morgan fingerprint density at radius 3 is 2.41 bits per heavy atom. The Morgan fingerprint density at radius 2 is 1.65 bits per heavy atom. The van der Waals surface area contributed by atoms with Gasteiger partial charge < -0.3 is 14.5 Å². The number of ether oxygens (including phenoxy) is 1. The molecule has 5 rings (SSSR count). The average molecular weight is 496 g/mol. The van der Waals surface area contributed by atoms with Gasteiger partial charge in [0, 0.05) is 35.7 Å². The second kappa shape index (κ2) is 9.54. The standard InChI is InChI=1S/C28H20N2O7/c1-16(31)29-20-8-10-21-19(12-25(32)37-24(21)13-20)15-36-28(35)18-7-9-22-23(11-18)27(34)30(26(22)33)14-17-5-3-2-4-6-17/h2-13H,14-15H2,1H3,(H,29,31). The van der Waals surface area contributed by atoms with Gasteiger partial charge in [0.05, 0.1) is 23.2 Å². The predicted molar refractivity (Wildman–Crippen MR) is 133 cm³/mol. The molecule has 0 bridgehead atoms. The first-order valence-electron chi connectivity index (χ1n) is 11.4. The molecule has 0 spiro atoms. The van der Waals surface area contributed by atoms with Crippen LogP contribution in [0.4, 0.5) is 5.69 Å². The van der Waals surface area contributed by atoms with Gasteiger partial charge in [-0.3, -0.25) is 19.3 Å². The molecule has 0 radical (unpaired) electrons. The lowest BCUT2D eigenvalue weighted by Crippen LogP contribution is -2.29. The smallest absolute Gasteiger partial charge is 0.338 e. The number of rotatable bonds is 6. The number of amides is 3. The number of benzene rings is 3. The Balaban J connectivity index is 1.34. The quantitative estimate of drug-likeness (QED) is 0.244. The minimum absolute atomic E-state index is 0.0988. The molecular weight excluding hydrogens is 476 g/mol. The van der Waals surface area contributed by atoms with E-state index in [-0.39, 0.29) is 41.3 Å². The molecule has 0 aliphatic carbocycles. The van der Waals surface area contributed by atoms with Crippen molar-refractivity contribution in [2.45, 2.75) is 20.1 Å². The lowest BCUT2D eigenvalue weighted by molar-refractivity contribution is -0.114. The van der Waals surface area contributed by atoms with Crippen LogP contribution in [-0.2, 0) is 22.7 Å². The van der Waals surface area contributed by atoms with E-state index in [9.17, 15) is 24.0 Å². The van der Waals surface area contributed by atoms with Crippen LogP contribution in [0.25, 0.3) is 11.0 Å². The van der Waals surface area contributed by atoms with E-state index in [0.29, 0.717) is 16.6 Å². The lowest BCUT2D eigenvalue weighted by Gasteiger charge is -2.13. The summed E-state index contributed by atoms with van der Waals surface area (Å²) in [4.78, 5) is 63.0. The molecule has 0 unspecified atom stereocenters. The van der Waals surface area contributed by atoms with Gasteiger partial charge in [-0.2, -0.15) is 0 Å². The maximum absolute atomic E-state index is 12.9. The third-order valence-corrected chi connectivity index (χ3v) is 5.90. The monoisotopic (exact) mass is 496 g/mol. The normalized spacial score (nSPS) is 12.5. The third kappa shape index (κ3) is 4.74. The highest BCUT2D eigenvalue weighted by Gasteiger charge is 2.36. The van der Waals surface area contributed by atoms with Gasteiger partial charge in [-0.15, -0.1) is 0 Å². The maximum Gasteiger partial charge on any atom is 0.338 e. The molecule has 9 heteroatoms. The van der Waals surface area contributed by atoms with Crippen molar-refractivity contribution in [1.82, 2.24) is 4.90 Å². The highest BCUT2D eigenvalue weighted by Crippen LogP contribution is 2.27. The fraction of sp³-hybridized carbons (Fsp3) is 0.107. The zero-order valence-electron chi connectivity index (χ0n) is 19.6. The number of anilines is 1. The third-order valence-electron chi connectivity index (χ3n) is 5.90. The van der Waals surface area contributed by atoms with Crippen LogP contribution in [0.2, 0.25) is 0 Å². The van der Waals surface area contributed by atoms with E-state index in [2.05, 4.69) is 5.32 Å². The minimum atomic E-state index is -0.721. The summed E-state index contributed by atoms with van der Waals surface area (Å²) in [6.07, 6.45) is 0. The van der Waals surface area contributed by atoms with Crippen LogP contribution in [0.5, 0.6) is 0 Å². The molecular formula is C28H20N2O7. The van der Waals surface area contributed by atoms with Crippen molar-refractivity contribution in [1.29, 1.82) is 0 Å². The van der Waals surface area contributed by atoms with Crippen LogP contribution in [0.3, 0.4) is 0 Å². The van der Waals surface area contributed by atoms with Crippen molar-refractivity contribution in [3.8, 4) is 0 Å². The molecule has 2 heterocycles. The largest absolute Gasteiger partial charge is 0.457 e. The number of carbonyl (C=O) groups excluding carboxylic acids is 4. The Morgan fingerprint density at radius 1 is 0.892 bits per heavy atom. The summed E-state index contributed by atoms with van der Waals surface area (Å²) in [5.41, 5.74) is 1.71. The number of nitrogens with one attached hydrogen (secondary N) is 1. The molecule has 1 aromatic heterocycles. The van der Waals surface area contributed by atoms with E-state index in [1.54, 1.807) is 12.1 Å². The van der Waals surface area contributed by atoms with Crippen molar-refractivity contribution in [2.75, 3.05) is 5.32 Å². The van der Waals surface area contributed by atoms with E-state index < -0.39 is 23.4 Å². The summed E-state index contributed by atoms with van der Waals surface area (Å²) >= 11 is 0. The summed E-state index contributed by atoms with van der Waals surface area (Å²) in [6.45, 7) is 1.25. The van der Waals surface area contributed by atoms with Crippen molar-refractivity contribution in [2.24, 2.45) is 0 Å². The fourth-order valence-corrected chi connectivity index (χ4v) is 4.18. The Hall–Kier alpha value is -5.05. The summed E-state index contributed by atoms with van der Waals surface area (Å²) in [6, 6.07) is 19.4. The van der Waals surface area contributed by atoms with E-state index in [1.165, 1.54) is 37.3 Å². The van der Waals surface area contributed by atoms with Gasteiger partial charge in [0.25, 0.3) is 11.8 Å². The number of fused-ring (bicyclic) bond motifs is 2. The summed E-state index contributed by atoms with van der Waals surface area (Å²) in [7, 11) is 0. The van der Waals surface area contributed by atoms with Gasteiger partial charge in [-0.1, -0.05) is 30.3 Å². The molecule has 3 aromatic carbocycles. The van der Waals surface area contributed by atoms with E-state index in [0.717, 1.165) is 10.5 Å². The van der Waals surface area contributed by atoms with E-state index in [1.807, 2.05) is 30.3 Å². The first-order chi connectivity index (χ1) is 17.8. The molecule has 0 atom stereocenters. The molecule has 4 aromatic rings. The molecule has 3 amide bonds. The zero-order chi connectivity index (χ0) is 26.1. The SMILES string of the molecule is CC(=O)Nc1ccc2c(COC(=O)c3ccc4c(c3)C(=O)N(Cc3ccccc3)C4=O)cc(=O)oc2c1. The number of nitrogens with zero attached hydrogens (tertiary/aromatic N) is 1. The van der Waals surface area contributed by atoms with Crippen LogP contribution in [0.15, 0.2) is 82.0 Å². The average Bonchev–Trinajstić information content (AvgIpc) is 3.11. The van der Waals surface area contributed by atoms with Crippen LogP contribution in [0, 0.1) is 0 Å². The fourth-order valence-electron chi connectivity index (χ4n) is 4.18. The molecule has 0 saturated heterocycles. The maximum atomic E-state index is 12.9. The van der Waals surface area contributed by atoms with Crippen molar-refractivity contribution < 1.29 is 28.3 Å². The highest BCUT2D eigenvalue weighted by molar-refractivity contribution is 6.21. The Bertz CT molecular complexity index is 1640. The van der Waals surface area contributed by atoms with Gasteiger partial charge in [0.15, 0.2) is 0 Å². The lowest BCUT2D eigenvalue weighted by atomic mass is 10.1. The molecule has 0 fully saturated rings. The molecule has 37 heavy (non-hydrogen) atoms. The summed E-state index contributed by atoms with van der Waals surface area (Å²) < 4.78 is 10.6. The van der Waals surface area contributed by atoms with Gasteiger partial charge in [0.1, 0.15) is 12.2 Å². The highest BCUT2D eigenvalue weighted by atomic mass is 16.5. The molecule has 184 valence electrons. The molecule has 0 saturated carbocycles. The first kappa shape index (κ1) is 23.7. The minimum Gasteiger partial charge on any atom is -0.457 e.